The zero-order valence-electron chi connectivity index (χ0n) is 14.2. The van der Waals surface area contributed by atoms with Gasteiger partial charge in [-0.25, -0.2) is 0 Å². The first-order valence-corrected chi connectivity index (χ1v) is 8.64. The van der Waals surface area contributed by atoms with Crippen LogP contribution in [0.15, 0.2) is 24.3 Å². The van der Waals surface area contributed by atoms with Crippen LogP contribution in [0.3, 0.4) is 0 Å². The van der Waals surface area contributed by atoms with Crippen molar-refractivity contribution in [1.29, 1.82) is 0 Å². The fourth-order valence-corrected chi connectivity index (χ4v) is 2.66. The summed E-state index contributed by atoms with van der Waals surface area (Å²) in [5, 5.41) is 18.4. The molecule has 0 aliphatic heterocycles. The average molecular weight is 307 g/mol. The summed E-state index contributed by atoms with van der Waals surface area (Å²) in [4.78, 5) is 0. The van der Waals surface area contributed by atoms with Crippen molar-refractivity contribution in [2.45, 2.75) is 70.3 Å². The molecule has 1 rings (SSSR count). The van der Waals surface area contributed by atoms with Crippen LogP contribution in [0.25, 0.3) is 0 Å². The van der Waals surface area contributed by atoms with E-state index >= 15 is 0 Å². The molecule has 1 aromatic rings. The number of rotatable bonds is 11. The Labute approximate surface area is 135 Å². The lowest BCUT2D eigenvalue weighted by Gasteiger charge is -2.24. The fourth-order valence-electron chi connectivity index (χ4n) is 2.66. The van der Waals surface area contributed by atoms with E-state index < -0.39 is 5.54 Å². The summed E-state index contributed by atoms with van der Waals surface area (Å²) >= 11 is 0. The first kappa shape index (κ1) is 19.1. The van der Waals surface area contributed by atoms with Gasteiger partial charge in [0, 0.05) is 0 Å². The molecule has 1 atom stereocenters. The molecular weight excluding hydrogens is 274 g/mol. The predicted octanol–water partition coefficient (Wildman–Crippen LogP) is 3.38. The van der Waals surface area contributed by atoms with Crippen LogP contribution >= 0.6 is 0 Å². The Bertz CT molecular complexity index is 398. The Morgan fingerprint density at radius 2 is 1.68 bits per heavy atom. The number of aliphatic hydroxyl groups excluding tert-OH is 2. The van der Waals surface area contributed by atoms with Crippen LogP contribution in [0.5, 0.6) is 0 Å². The zero-order valence-corrected chi connectivity index (χ0v) is 14.2. The minimum atomic E-state index is -0.870. The molecule has 1 aromatic carbocycles. The highest BCUT2D eigenvalue weighted by atomic mass is 16.3. The Morgan fingerprint density at radius 3 is 2.23 bits per heavy atom. The van der Waals surface area contributed by atoms with Crippen LogP contribution < -0.4 is 5.73 Å². The van der Waals surface area contributed by atoms with Gasteiger partial charge in [-0.3, -0.25) is 0 Å². The third-order valence-corrected chi connectivity index (χ3v) is 4.58. The average Bonchev–Trinajstić information content (AvgIpc) is 2.57. The van der Waals surface area contributed by atoms with Crippen molar-refractivity contribution < 1.29 is 10.2 Å². The third kappa shape index (κ3) is 6.47. The van der Waals surface area contributed by atoms with Crippen LogP contribution in [0.1, 0.15) is 69.4 Å². The first-order chi connectivity index (χ1) is 10.5. The molecule has 0 fully saturated rings. The van der Waals surface area contributed by atoms with Crippen molar-refractivity contribution in [3.05, 3.63) is 35.4 Å². The Hall–Kier alpha value is -0.900. The molecule has 22 heavy (non-hydrogen) atoms. The van der Waals surface area contributed by atoms with E-state index in [1.54, 1.807) is 0 Å². The van der Waals surface area contributed by atoms with Gasteiger partial charge in [-0.1, -0.05) is 63.8 Å². The van der Waals surface area contributed by atoms with Crippen molar-refractivity contribution in [3.63, 3.8) is 0 Å². The van der Waals surface area contributed by atoms with Gasteiger partial charge in [0.15, 0.2) is 0 Å². The standard InChI is InChI=1S/C19H33NO2/c1-3-4-5-6-7-16(2)18-10-8-17(9-11-18)12-13-19(20,14-21)15-22/h8-11,16,21-22H,3-7,12-15,20H2,1-2H3. The molecule has 1 unspecified atom stereocenters. The van der Waals surface area contributed by atoms with E-state index in [1.807, 2.05) is 0 Å². The predicted molar refractivity (Wildman–Crippen MR) is 93.0 cm³/mol. The second-order valence-corrected chi connectivity index (χ2v) is 6.67. The lowest BCUT2D eigenvalue weighted by molar-refractivity contribution is 0.115. The minimum absolute atomic E-state index is 0.184. The van der Waals surface area contributed by atoms with Gasteiger partial charge < -0.3 is 15.9 Å². The van der Waals surface area contributed by atoms with Gasteiger partial charge in [0.2, 0.25) is 0 Å². The van der Waals surface area contributed by atoms with Gasteiger partial charge in [-0.05, 0) is 36.3 Å². The molecule has 0 amide bonds. The number of aryl methyl sites for hydroxylation is 1. The number of benzene rings is 1. The fraction of sp³-hybridized carbons (Fsp3) is 0.684. The summed E-state index contributed by atoms with van der Waals surface area (Å²) in [6, 6.07) is 8.70. The van der Waals surface area contributed by atoms with Crippen LogP contribution in [-0.2, 0) is 6.42 Å². The van der Waals surface area contributed by atoms with Crippen LogP contribution in [0.2, 0.25) is 0 Å². The zero-order chi connectivity index (χ0) is 16.4. The van der Waals surface area contributed by atoms with E-state index in [2.05, 4.69) is 38.1 Å². The number of hydrogen-bond acceptors (Lipinski definition) is 3. The molecule has 0 aliphatic rings. The summed E-state index contributed by atoms with van der Waals surface area (Å²) < 4.78 is 0. The van der Waals surface area contributed by atoms with Gasteiger partial charge in [-0.2, -0.15) is 0 Å². The maximum Gasteiger partial charge on any atom is 0.0633 e. The Kier molecular flexibility index (Phi) is 8.69. The third-order valence-electron chi connectivity index (χ3n) is 4.58. The lowest BCUT2D eigenvalue weighted by atomic mass is 9.91. The van der Waals surface area contributed by atoms with Crippen LogP contribution in [0.4, 0.5) is 0 Å². The minimum Gasteiger partial charge on any atom is -0.394 e. The molecule has 0 heterocycles. The highest BCUT2D eigenvalue weighted by Gasteiger charge is 2.22. The summed E-state index contributed by atoms with van der Waals surface area (Å²) in [5.74, 6) is 0.606. The summed E-state index contributed by atoms with van der Waals surface area (Å²) in [5.41, 5.74) is 7.63. The van der Waals surface area contributed by atoms with Crippen molar-refractivity contribution in [2.75, 3.05) is 13.2 Å². The van der Waals surface area contributed by atoms with Crippen LogP contribution in [-0.4, -0.2) is 29.0 Å². The summed E-state index contributed by atoms with van der Waals surface area (Å²) in [6.45, 7) is 4.17. The Morgan fingerprint density at radius 1 is 1.05 bits per heavy atom. The number of nitrogens with two attached hydrogens (primary N) is 1. The molecule has 0 spiro atoms. The molecule has 0 saturated heterocycles. The molecule has 4 N–H and O–H groups in total. The van der Waals surface area contributed by atoms with Gasteiger partial charge >= 0.3 is 0 Å². The molecular formula is C19H33NO2. The maximum atomic E-state index is 9.22. The van der Waals surface area contributed by atoms with Gasteiger partial charge in [0.05, 0.1) is 18.8 Å². The van der Waals surface area contributed by atoms with Gasteiger partial charge in [0.25, 0.3) is 0 Å². The number of unbranched alkanes of at least 4 members (excludes halogenated alkanes) is 3. The quantitative estimate of drug-likeness (QED) is 0.549. The molecule has 0 aromatic heterocycles. The molecule has 0 aliphatic carbocycles. The molecule has 3 nitrogen and oxygen atoms in total. The summed E-state index contributed by atoms with van der Waals surface area (Å²) in [7, 11) is 0. The SMILES string of the molecule is CCCCCCC(C)c1ccc(CCC(N)(CO)CO)cc1. The lowest BCUT2D eigenvalue weighted by Crippen LogP contribution is -2.47. The van der Waals surface area contributed by atoms with Crippen molar-refractivity contribution in [3.8, 4) is 0 Å². The second-order valence-electron chi connectivity index (χ2n) is 6.67. The van der Waals surface area contributed by atoms with Crippen molar-refractivity contribution in [2.24, 2.45) is 5.73 Å². The molecule has 3 heteroatoms. The first-order valence-electron chi connectivity index (χ1n) is 8.64. The molecule has 0 saturated carbocycles. The van der Waals surface area contributed by atoms with Gasteiger partial charge in [-0.15, -0.1) is 0 Å². The summed E-state index contributed by atoms with van der Waals surface area (Å²) in [6.07, 6.45) is 7.88. The molecule has 0 bridgehead atoms. The number of aliphatic hydroxyl groups is 2. The molecule has 0 radical (unpaired) electrons. The highest BCUT2D eigenvalue weighted by molar-refractivity contribution is 5.25. The van der Waals surface area contributed by atoms with E-state index in [1.165, 1.54) is 43.2 Å². The van der Waals surface area contributed by atoms with E-state index in [9.17, 15) is 10.2 Å². The molecule has 126 valence electrons. The van der Waals surface area contributed by atoms with Gasteiger partial charge in [0.1, 0.15) is 0 Å². The van der Waals surface area contributed by atoms with E-state index in [0.717, 1.165) is 6.42 Å². The highest BCUT2D eigenvalue weighted by Crippen LogP contribution is 2.23. The smallest absolute Gasteiger partial charge is 0.0633 e. The van der Waals surface area contributed by atoms with E-state index in [-0.39, 0.29) is 13.2 Å². The Balaban J connectivity index is 2.45. The van der Waals surface area contributed by atoms with E-state index in [0.29, 0.717) is 12.3 Å². The normalized spacial score (nSPS) is 13.3. The topological polar surface area (TPSA) is 66.5 Å². The monoisotopic (exact) mass is 307 g/mol. The second kappa shape index (κ2) is 9.98. The largest absolute Gasteiger partial charge is 0.394 e. The van der Waals surface area contributed by atoms with E-state index in [4.69, 9.17) is 5.73 Å². The number of hydrogen-bond donors (Lipinski definition) is 3. The van der Waals surface area contributed by atoms with Crippen molar-refractivity contribution >= 4 is 0 Å². The van der Waals surface area contributed by atoms with Crippen molar-refractivity contribution in [1.82, 2.24) is 0 Å². The maximum absolute atomic E-state index is 9.22. The van der Waals surface area contributed by atoms with Crippen LogP contribution in [0, 0.1) is 0 Å².